The van der Waals surface area contributed by atoms with E-state index >= 15 is 0 Å². The number of hydrogen-bond donors (Lipinski definition) is 1. The number of nitrogens with one attached hydrogen (secondary N) is 1. The van der Waals surface area contributed by atoms with E-state index in [-0.39, 0.29) is 24.3 Å². The van der Waals surface area contributed by atoms with Crippen LogP contribution in [0.2, 0.25) is 0 Å². The number of allylic oxidation sites excluding steroid dienone is 2. The largest absolute Gasteiger partial charge is 0.550 e. The molecular weight excluding hydrogens is 342 g/mol. The van der Waals surface area contributed by atoms with Crippen LogP contribution in [0.1, 0.15) is 34.1 Å². The van der Waals surface area contributed by atoms with Crippen molar-refractivity contribution in [3.63, 3.8) is 0 Å². The summed E-state index contributed by atoms with van der Waals surface area (Å²) in [5.41, 5.74) is 1.12. The highest BCUT2D eigenvalue weighted by Gasteiger charge is 2.49. The van der Waals surface area contributed by atoms with E-state index < -0.39 is 23.8 Å². The molecule has 0 aromatic carbocycles. The molecule has 4 atom stereocenters. The Labute approximate surface area is 149 Å². The summed E-state index contributed by atoms with van der Waals surface area (Å²) >= 11 is 1.30. The quantitative estimate of drug-likeness (QED) is 0.635. The zero-order chi connectivity index (χ0) is 18.3. The molecule has 134 valence electrons. The molecule has 0 saturated heterocycles. The van der Waals surface area contributed by atoms with Crippen LogP contribution in [0.15, 0.2) is 12.2 Å². The molecule has 1 heterocycles. The number of aryl methyl sites for hydroxylation is 1. The normalized spacial score (nSPS) is 26.7. The zero-order valence-corrected chi connectivity index (χ0v) is 15.1. The number of thiophene rings is 1. The molecule has 1 fully saturated rings. The molecule has 0 aliphatic heterocycles. The van der Waals surface area contributed by atoms with E-state index in [2.05, 4.69) is 5.32 Å². The van der Waals surface area contributed by atoms with Crippen molar-refractivity contribution in [3.05, 3.63) is 28.2 Å². The number of carboxylic acids is 1. The number of esters is 1. The number of ether oxygens (including phenoxy) is 1. The minimum Gasteiger partial charge on any atom is -0.550 e. The topological polar surface area (TPSA) is 95.5 Å². The third kappa shape index (κ3) is 2.97. The summed E-state index contributed by atoms with van der Waals surface area (Å²) in [6.45, 7) is 5.63. The van der Waals surface area contributed by atoms with Gasteiger partial charge in [0.2, 0.25) is 5.91 Å². The second kappa shape index (κ2) is 6.63. The van der Waals surface area contributed by atoms with Gasteiger partial charge in [0.1, 0.15) is 5.00 Å². The maximum atomic E-state index is 12.8. The molecule has 1 aromatic heterocycles. The van der Waals surface area contributed by atoms with Crippen LogP contribution in [-0.4, -0.2) is 24.5 Å². The molecule has 1 amide bonds. The Kier molecular flexibility index (Phi) is 4.69. The average molecular weight is 362 g/mol. The third-order valence-electron chi connectivity index (χ3n) is 5.14. The van der Waals surface area contributed by atoms with Crippen molar-refractivity contribution >= 4 is 34.2 Å². The molecule has 2 aliphatic rings. The number of aliphatic carboxylic acids is 1. The molecule has 0 unspecified atom stereocenters. The van der Waals surface area contributed by atoms with Gasteiger partial charge in [-0.2, -0.15) is 0 Å². The molecule has 6 nitrogen and oxygen atoms in total. The SMILES string of the molecule is CCOC(=O)c1c(NC(=O)[C@H]2[C@@H](C(=O)[O-])[C@@H]3C=C[C@@H]2C3)sc(C)c1C. The van der Waals surface area contributed by atoms with Gasteiger partial charge >= 0.3 is 5.97 Å². The highest BCUT2D eigenvalue weighted by Crippen LogP contribution is 2.48. The first-order chi connectivity index (χ1) is 11.8. The van der Waals surface area contributed by atoms with Crippen molar-refractivity contribution in [1.82, 2.24) is 0 Å². The van der Waals surface area contributed by atoms with Crippen LogP contribution >= 0.6 is 11.3 Å². The van der Waals surface area contributed by atoms with Gasteiger partial charge in [0.25, 0.3) is 0 Å². The van der Waals surface area contributed by atoms with Crippen LogP contribution in [0.25, 0.3) is 0 Å². The van der Waals surface area contributed by atoms with Crippen molar-refractivity contribution in [2.45, 2.75) is 27.2 Å². The van der Waals surface area contributed by atoms with E-state index in [1.54, 1.807) is 13.8 Å². The molecule has 1 saturated carbocycles. The number of hydrogen-bond acceptors (Lipinski definition) is 6. The monoisotopic (exact) mass is 362 g/mol. The standard InChI is InChI=1S/C18H21NO5S/c1-4-24-18(23)12-8(2)9(3)25-16(12)19-15(20)13-10-5-6-11(7-10)14(13)17(21)22/h5-6,10-11,13-14H,4,7H2,1-3H3,(H,19,20)(H,21,22)/p-1/t10-,11-,13-,14+/m1/s1. The first kappa shape index (κ1) is 17.7. The van der Waals surface area contributed by atoms with Gasteiger partial charge in [-0.1, -0.05) is 12.2 Å². The first-order valence-corrected chi connectivity index (χ1v) is 9.13. The minimum absolute atomic E-state index is 0.0962. The first-order valence-electron chi connectivity index (χ1n) is 8.32. The van der Waals surface area contributed by atoms with E-state index in [9.17, 15) is 19.5 Å². The molecule has 7 heteroatoms. The molecule has 3 rings (SSSR count). The lowest BCUT2D eigenvalue weighted by molar-refractivity contribution is -0.313. The van der Waals surface area contributed by atoms with Gasteiger partial charge in [-0.15, -0.1) is 11.3 Å². The number of carbonyl (C=O) groups excluding carboxylic acids is 3. The van der Waals surface area contributed by atoms with E-state index in [1.165, 1.54) is 11.3 Å². The summed E-state index contributed by atoms with van der Waals surface area (Å²) in [7, 11) is 0. The summed E-state index contributed by atoms with van der Waals surface area (Å²) in [5, 5.41) is 14.7. The van der Waals surface area contributed by atoms with Crippen LogP contribution in [0.3, 0.4) is 0 Å². The summed E-state index contributed by atoms with van der Waals surface area (Å²) in [6.07, 6.45) is 4.42. The minimum atomic E-state index is -1.19. The number of carbonyl (C=O) groups is 3. The molecule has 0 spiro atoms. The fourth-order valence-electron chi connectivity index (χ4n) is 3.86. The Morgan fingerprint density at radius 3 is 2.48 bits per heavy atom. The molecule has 0 radical (unpaired) electrons. The fourth-order valence-corrected chi connectivity index (χ4v) is 4.91. The summed E-state index contributed by atoms with van der Waals surface area (Å²) in [4.78, 5) is 37.4. The van der Waals surface area contributed by atoms with Crippen LogP contribution in [0.5, 0.6) is 0 Å². The Hall–Kier alpha value is -2.15. The fraction of sp³-hybridized carbons (Fsp3) is 0.500. The van der Waals surface area contributed by atoms with Gasteiger partial charge in [0, 0.05) is 16.8 Å². The second-order valence-corrected chi connectivity index (χ2v) is 7.74. The summed E-state index contributed by atoms with van der Waals surface area (Å²) in [5.74, 6) is -3.79. The van der Waals surface area contributed by atoms with Crippen molar-refractivity contribution < 1.29 is 24.2 Å². The number of anilines is 1. The Morgan fingerprint density at radius 2 is 1.88 bits per heavy atom. The number of rotatable bonds is 5. The Balaban J connectivity index is 1.87. The van der Waals surface area contributed by atoms with Gasteiger partial charge in [0.15, 0.2) is 0 Å². The molecule has 25 heavy (non-hydrogen) atoms. The number of amides is 1. The van der Waals surface area contributed by atoms with Crippen LogP contribution in [-0.2, 0) is 14.3 Å². The lowest BCUT2D eigenvalue weighted by Gasteiger charge is -2.27. The van der Waals surface area contributed by atoms with Gasteiger partial charge in [-0.05, 0) is 44.6 Å². The molecule has 1 aromatic rings. The van der Waals surface area contributed by atoms with Crippen molar-refractivity contribution in [1.29, 1.82) is 0 Å². The van der Waals surface area contributed by atoms with Crippen molar-refractivity contribution in [2.24, 2.45) is 23.7 Å². The highest BCUT2D eigenvalue weighted by molar-refractivity contribution is 7.16. The molecule has 2 bridgehead atoms. The Morgan fingerprint density at radius 1 is 1.24 bits per heavy atom. The number of fused-ring (bicyclic) bond motifs is 2. The van der Waals surface area contributed by atoms with E-state index in [0.29, 0.717) is 17.0 Å². The molecule has 1 N–H and O–H groups in total. The van der Waals surface area contributed by atoms with E-state index in [4.69, 9.17) is 4.74 Å². The van der Waals surface area contributed by atoms with Gasteiger partial charge in [0.05, 0.1) is 18.1 Å². The summed E-state index contributed by atoms with van der Waals surface area (Å²) in [6, 6.07) is 0. The van der Waals surface area contributed by atoms with Crippen LogP contribution in [0, 0.1) is 37.5 Å². The highest BCUT2D eigenvalue weighted by atomic mass is 32.1. The predicted octanol–water partition coefficient (Wildman–Crippen LogP) is 1.67. The van der Waals surface area contributed by atoms with Crippen molar-refractivity contribution in [3.8, 4) is 0 Å². The molecule has 2 aliphatic carbocycles. The lowest BCUT2D eigenvalue weighted by Crippen LogP contribution is -2.42. The van der Waals surface area contributed by atoms with E-state index in [1.807, 2.05) is 19.1 Å². The zero-order valence-electron chi connectivity index (χ0n) is 14.3. The number of carboxylic acid groups (broad SMARTS) is 1. The average Bonchev–Trinajstić information content (AvgIpc) is 3.21. The Bertz CT molecular complexity index is 766. The van der Waals surface area contributed by atoms with Crippen LogP contribution in [0.4, 0.5) is 5.00 Å². The third-order valence-corrected chi connectivity index (χ3v) is 6.26. The molecular formula is C18H20NO5S-. The van der Waals surface area contributed by atoms with Crippen molar-refractivity contribution in [2.75, 3.05) is 11.9 Å². The summed E-state index contributed by atoms with van der Waals surface area (Å²) < 4.78 is 5.08. The van der Waals surface area contributed by atoms with Crippen LogP contribution < -0.4 is 10.4 Å². The van der Waals surface area contributed by atoms with Gasteiger partial charge in [-0.25, -0.2) is 4.79 Å². The van der Waals surface area contributed by atoms with E-state index in [0.717, 1.165) is 10.4 Å². The second-order valence-electron chi connectivity index (χ2n) is 6.52. The van der Waals surface area contributed by atoms with Gasteiger partial charge in [-0.3, -0.25) is 4.79 Å². The van der Waals surface area contributed by atoms with Gasteiger partial charge < -0.3 is 20.0 Å². The smallest absolute Gasteiger partial charge is 0.341 e. The maximum Gasteiger partial charge on any atom is 0.341 e. The lowest BCUT2D eigenvalue weighted by atomic mass is 9.82. The predicted molar refractivity (Wildman–Crippen MR) is 91.1 cm³/mol. The maximum absolute atomic E-state index is 12.8.